The first-order chi connectivity index (χ1) is 7.43. The molecule has 0 aromatic carbocycles. The van der Waals surface area contributed by atoms with Crippen LogP contribution in [0.1, 0.15) is 47.8 Å². The van der Waals surface area contributed by atoms with Gasteiger partial charge in [0.2, 0.25) is 0 Å². The van der Waals surface area contributed by atoms with Crippen LogP contribution in [0.3, 0.4) is 0 Å². The Labute approximate surface area is 96.5 Å². The molecule has 0 unspecified atom stereocenters. The van der Waals surface area contributed by atoms with Crippen molar-refractivity contribution in [3.8, 4) is 0 Å². The third-order valence-corrected chi connectivity index (χ3v) is 3.39. The first kappa shape index (κ1) is 11.1. The van der Waals surface area contributed by atoms with Gasteiger partial charge in [0.15, 0.2) is 0 Å². The highest BCUT2D eigenvalue weighted by atomic mass is 15.4. The van der Waals surface area contributed by atoms with Crippen molar-refractivity contribution in [1.29, 1.82) is 0 Å². The summed E-state index contributed by atoms with van der Waals surface area (Å²) in [5.74, 6) is 0.438. The molecule has 0 bridgehead atoms. The SMILES string of the molecule is Cc1nn2nc(C(C)C)c(C)c(C)c2c1C. The highest BCUT2D eigenvalue weighted by molar-refractivity contribution is 5.63. The van der Waals surface area contributed by atoms with Crippen molar-refractivity contribution >= 4 is 5.52 Å². The van der Waals surface area contributed by atoms with E-state index in [0.717, 1.165) is 11.4 Å². The van der Waals surface area contributed by atoms with Gasteiger partial charge in [0.25, 0.3) is 0 Å². The molecule has 0 saturated carbocycles. The predicted octanol–water partition coefficient (Wildman–Crippen LogP) is 3.09. The minimum absolute atomic E-state index is 0.438. The number of rotatable bonds is 1. The molecule has 3 nitrogen and oxygen atoms in total. The van der Waals surface area contributed by atoms with E-state index >= 15 is 0 Å². The van der Waals surface area contributed by atoms with E-state index in [4.69, 9.17) is 0 Å². The number of nitrogens with zero attached hydrogens (tertiary/aromatic N) is 3. The normalized spacial score (nSPS) is 11.7. The highest BCUT2D eigenvalue weighted by Crippen LogP contribution is 2.25. The molecule has 2 heterocycles. The van der Waals surface area contributed by atoms with Gasteiger partial charge in [0.05, 0.1) is 16.9 Å². The smallest absolute Gasteiger partial charge is 0.0937 e. The van der Waals surface area contributed by atoms with Crippen LogP contribution in [0, 0.1) is 27.7 Å². The molecule has 16 heavy (non-hydrogen) atoms. The molecule has 0 radical (unpaired) electrons. The van der Waals surface area contributed by atoms with Crippen LogP contribution in [0.15, 0.2) is 0 Å². The van der Waals surface area contributed by atoms with Gasteiger partial charge in [-0.25, -0.2) is 0 Å². The number of hydrogen-bond donors (Lipinski definition) is 0. The van der Waals surface area contributed by atoms with Crippen molar-refractivity contribution < 1.29 is 0 Å². The third kappa shape index (κ3) is 1.42. The van der Waals surface area contributed by atoms with E-state index in [0.29, 0.717) is 5.92 Å². The first-order valence-corrected chi connectivity index (χ1v) is 5.76. The summed E-state index contributed by atoms with van der Waals surface area (Å²) in [6.45, 7) is 12.8. The van der Waals surface area contributed by atoms with Gasteiger partial charge in [-0.05, 0) is 50.3 Å². The Morgan fingerprint density at radius 1 is 0.875 bits per heavy atom. The van der Waals surface area contributed by atoms with Gasteiger partial charge in [-0.15, -0.1) is 0 Å². The second-order valence-corrected chi connectivity index (χ2v) is 4.84. The van der Waals surface area contributed by atoms with E-state index in [1.54, 1.807) is 4.63 Å². The Balaban J connectivity index is 2.88. The summed E-state index contributed by atoms with van der Waals surface area (Å²) in [6.07, 6.45) is 0. The summed E-state index contributed by atoms with van der Waals surface area (Å²) in [5.41, 5.74) is 7.22. The molecule has 2 aromatic rings. The van der Waals surface area contributed by atoms with E-state index in [2.05, 4.69) is 44.8 Å². The molecule has 0 fully saturated rings. The van der Waals surface area contributed by atoms with E-state index in [1.807, 2.05) is 6.92 Å². The Hall–Kier alpha value is -1.38. The largest absolute Gasteiger partial charge is 0.155 e. The van der Waals surface area contributed by atoms with Crippen molar-refractivity contribution in [2.24, 2.45) is 0 Å². The fraction of sp³-hybridized carbons (Fsp3) is 0.538. The van der Waals surface area contributed by atoms with Crippen molar-refractivity contribution in [3.05, 3.63) is 28.1 Å². The fourth-order valence-electron chi connectivity index (χ4n) is 2.19. The summed E-state index contributed by atoms with van der Waals surface area (Å²) >= 11 is 0. The Morgan fingerprint density at radius 3 is 2.06 bits per heavy atom. The van der Waals surface area contributed by atoms with Gasteiger partial charge in [-0.1, -0.05) is 13.8 Å². The molecule has 2 aromatic heterocycles. The van der Waals surface area contributed by atoms with Gasteiger partial charge in [0.1, 0.15) is 0 Å². The van der Waals surface area contributed by atoms with Gasteiger partial charge >= 0.3 is 0 Å². The number of fused-ring (bicyclic) bond motifs is 1. The molecule has 0 spiro atoms. The summed E-state index contributed by atoms with van der Waals surface area (Å²) in [5, 5.41) is 9.09. The fourth-order valence-corrected chi connectivity index (χ4v) is 2.19. The molecule has 0 N–H and O–H groups in total. The first-order valence-electron chi connectivity index (χ1n) is 5.76. The monoisotopic (exact) mass is 217 g/mol. The average Bonchev–Trinajstić information content (AvgIpc) is 2.48. The Morgan fingerprint density at radius 2 is 1.50 bits per heavy atom. The summed E-state index contributed by atoms with van der Waals surface area (Å²) in [4.78, 5) is 0. The molecule has 0 aliphatic carbocycles. The minimum atomic E-state index is 0.438. The predicted molar refractivity (Wildman–Crippen MR) is 66.0 cm³/mol. The van der Waals surface area contributed by atoms with Crippen LogP contribution in [0.4, 0.5) is 0 Å². The van der Waals surface area contributed by atoms with Crippen LogP contribution in [-0.2, 0) is 0 Å². The molecule has 0 atom stereocenters. The van der Waals surface area contributed by atoms with Crippen LogP contribution < -0.4 is 0 Å². The van der Waals surface area contributed by atoms with Crippen LogP contribution in [0.2, 0.25) is 0 Å². The molecule has 3 heteroatoms. The van der Waals surface area contributed by atoms with E-state index < -0.39 is 0 Å². The molecule has 0 aliphatic rings. The maximum Gasteiger partial charge on any atom is 0.0937 e. The van der Waals surface area contributed by atoms with Crippen LogP contribution in [-0.4, -0.2) is 14.8 Å². The zero-order chi connectivity index (χ0) is 12.0. The lowest BCUT2D eigenvalue weighted by atomic mass is 10.0. The van der Waals surface area contributed by atoms with E-state index in [-0.39, 0.29) is 0 Å². The molecule has 0 aliphatic heterocycles. The maximum absolute atomic E-state index is 4.62. The Kier molecular flexibility index (Phi) is 2.49. The zero-order valence-corrected chi connectivity index (χ0v) is 10.9. The quantitative estimate of drug-likeness (QED) is 0.734. The van der Waals surface area contributed by atoms with E-state index in [9.17, 15) is 0 Å². The second-order valence-electron chi connectivity index (χ2n) is 4.84. The van der Waals surface area contributed by atoms with Gasteiger partial charge in [0, 0.05) is 0 Å². The standard InChI is InChI=1S/C13H19N3/c1-7(2)12-8(3)9(4)13-10(5)11(6)14-16(13)15-12/h7H,1-6H3. The molecular formula is C13H19N3. The van der Waals surface area contributed by atoms with Gasteiger partial charge < -0.3 is 0 Å². The van der Waals surface area contributed by atoms with E-state index in [1.165, 1.54) is 22.2 Å². The summed E-state index contributed by atoms with van der Waals surface area (Å²) < 4.78 is 1.79. The van der Waals surface area contributed by atoms with Crippen LogP contribution >= 0.6 is 0 Å². The van der Waals surface area contributed by atoms with Crippen molar-refractivity contribution in [1.82, 2.24) is 14.8 Å². The lowest BCUT2D eigenvalue weighted by Crippen LogP contribution is -2.06. The zero-order valence-electron chi connectivity index (χ0n) is 10.9. The number of aromatic nitrogens is 3. The van der Waals surface area contributed by atoms with Gasteiger partial charge in [-0.3, -0.25) is 0 Å². The molecule has 0 amide bonds. The van der Waals surface area contributed by atoms with Gasteiger partial charge in [-0.2, -0.15) is 14.8 Å². The van der Waals surface area contributed by atoms with Crippen molar-refractivity contribution in [2.75, 3.05) is 0 Å². The van der Waals surface area contributed by atoms with Crippen molar-refractivity contribution in [3.63, 3.8) is 0 Å². The topological polar surface area (TPSA) is 30.2 Å². The summed E-state index contributed by atoms with van der Waals surface area (Å²) in [7, 11) is 0. The Bertz CT molecular complexity index is 550. The molecule has 2 rings (SSSR count). The summed E-state index contributed by atoms with van der Waals surface area (Å²) in [6, 6.07) is 0. The molecule has 0 saturated heterocycles. The number of aryl methyl sites for hydroxylation is 3. The minimum Gasteiger partial charge on any atom is -0.155 e. The highest BCUT2D eigenvalue weighted by Gasteiger charge is 2.15. The molecular weight excluding hydrogens is 198 g/mol. The maximum atomic E-state index is 4.62. The third-order valence-electron chi connectivity index (χ3n) is 3.39. The molecule has 86 valence electrons. The second kappa shape index (κ2) is 3.58. The van der Waals surface area contributed by atoms with Crippen molar-refractivity contribution in [2.45, 2.75) is 47.5 Å². The lowest BCUT2D eigenvalue weighted by molar-refractivity contribution is 0.699. The number of hydrogen-bond acceptors (Lipinski definition) is 2. The lowest BCUT2D eigenvalue weighted by Gasteiger charge is -2.12. The average molecular weight is 217 g/mol. The van der Waals surface area contributed by atoms with Crippen LogP contribution in [0.5, 0.6) is 0 Å². The van der Waals surface area contributed by atoms with Crippen LogP contribution in [0.25, 0.3) is 5.52 Å².